The third-order valence-electron chi connectivity index (χ3n) is 4.99. The lowest BCUT2D eigenvalue weighted by atomic mass is 10.0. The van der Waals surface area contributed by atoms with Crippen molar-refractivity contribution in [1.82, 2.24) is 5.32 Å². The fraction of sp³-hybridized carbons (Fsp3) is 0.556. The summed E-state index contributed by atoms with van der Waals surface area (Å²) in [7, 11) is 0. The van der Waals surface area contributed by atoms with Gasteiger partial charge < -0.3 is 10.6 Å². The molecule has 1 aromatic carbocycles. The molecule has 0 spiro atoms. The fourth-order valence-electron chi connectivity index (χ4n) is 3.26. The second-order valence-corrected chi connectivity index (χ2v) is 6.82. The molecule has 3 rings (SSSR count). The number of amides is 2. The number of carbonyl (C=O) groups excluding carboxylic acids is 2. The Kier molecular flexibility index (Phi) is 4.83. The Morgan fingerprint density at radius 2 is 1.67 bits per heavy atom. The Bertz CT molecular complexity index is 636. The summed E-state index contributed by atoms with van der Waals surface area (Å²) >= 11 is 0. The van der Waals surface area contributed by atoms with Gasteiger partial charge in [-0.3, -0.25) is 9.59 Å². The molecule has 6 heteroatoms. The first-order valence-electron chi connectivity index (χ1n) is 8.59. The summed E-state index contributed by atoms with van der Waals surface area (Å²) in [4.78, 5) is 25.0. The Hall–Kier alpha value is -1.98. The molecule has 130 valence electrons. The predicted octanol–water partition coefficient (Wildman–Crippen LogP) is 3.52. The number of anilines is 1. The van der Waals surface area contributed by atoms with E-state index in [1.54, 1.807) is 0 Å². The molecule has 0 bridgehead atoms. The van der Waals surface area contributed by atoms with Crippen LogP contribution in [0.4, 0.5) is 14.5 Å². The molecule has 2 aliphatic carbocycles. The molecule has 2 aliphatic rings. The van der Waals surface area contributed by atoms with Crippen LogP contribution in [0.3, 0.4) is 0 Å². The Morgan fingerprint density at radius 1 is 1.00 bits per heavy atom. The zero-order valence-electron chi connectivity index (χ0n) is 13.5. The van der Waals surface area contributed by atoms with Crippen LogP contribution in [-0.2, 0) is 9.59 Å². The zero-order valence-corrected chi connectivity index (χ0v) is 13.5. The van der Waals surface area contributed by atoms with Gasteiger partial charge in [-0.05, 0) is 37.8 Å². The van der Waals surface area contributed by atoms with Crippen LogP contribution in [0.1, 0.15) is 51.4 Å². The van der Waals surface area contributed by atoms with Crippen molar-refractivity contribution in [2.75, 3.05) is 5.32 Å². The van der Waals surface area contributed by atoms with Crippen molar-refractivity contribution >= 4 is 17.5 Å². The van der Waals surface area contributed by atoms with Crippen LogP contribution in [0.2, 0.25) is 0 Å². The number of halogens is 2. The number of nitrogens with one attached hydrogen (secondary N) is 2. The van der Waals surface area contributed by atoms with Crippen LogP contribution in [0.25, 0.3) is 0 Å². The predicted molar refractivity (Wildman–Crippen MR) is 86.3 cm³/mol. The van der Waals surface area contributed by atoms with Gasteiger partial charge in [0.15, 0.2) is 0 Å². The van der Waals surface area contributed by atoms with Crippen molar-refractivity contribution in [3.05, 3.63) is 29.8 Å². The molecule has 2 amide bonds. The van der Waals surface area contributed by atoms with Crippen molar-refractivity contribution in [2.45, 2.75) is 57.4 Å². The van der Waals surface area contributed by atoms with E-state index in [9.17, 15) is 18.4 Å². The molecular weight excluding hydrogens is 314 g/mol. The van der Waals surface area contributed by atoms with E-state index in [4.69, 9.17) is 0 Å². The van der Waals surface area contributed by atoms with E-state index in [1.165, 1.54) is 18.9 Å². The third kappa shape index (κ3) is 3.57. The second-order valence-electron chi connectivity index (χ2n) is 6.82. The summed E-state index contributed by atoms with van der Waals surface area (Å²) in [5.41, 5.74) is -1.21. The molecule has 0 heterocycles. The van der Waals surface area contributed by atoms with Crippen LogP contribution in [-0.4, -0.2) is 17.9 Å². The van der Waals surface area contributed by atoms with Gasteiger partial charge >= 0.3 is 0 Å². The highest BCUT2D eigenvalue weighted by molar-refractivity contribution is 6.13. The molecule has 2 saturated carbocycles. The van der Waals surface area contributed by atoms with Crippen molar-refractivity contribution in [1.29, 1.82) is 0 Å². The van der Waals surface area contributed by atoms with Gasteiger partial charge in [0.2, 0.25) is 11.8 Å². The molecule has 0 atom stereocenters. The highest BCUT2D eigenvalue weighted by Crippen LogP contribution is 2.47. The van der Waals surface area contributed by atoms with E-state index < -0.39 is 23.0 Å². The Balaban J connectivity index is 1.63. The monoisotopic (exact) mass is 336 g/mol. The topological polar surface area (TPSA) is 58.2 Å². The van der Waals surface area contributed by atoms with Crippen molar-refractivity contribution in [3.63, 3.8) is 0 Å². The zero-order chi connectivity index (χ0) is 17.2. The summed E-state index contributed by atoms with van der Waals surface area (Å²) in [5.74, 6) is -2.34. The maximum atomic E-state index is 13.7. The van der Waals surface area contributed by atoms with Gasteiger partial charge in [0.25, 0.3) is 0 Å². The van der Waals surface area contributed by atoms with E-state index in [0.717, 1.165) is 31.7 Å². The average molecular weight is 336 g/mol. The highest BCUT2D eigenvalue weighted by atomic mass is 19.1. The smallest absolute Gasteiger partial charge is 0.240 e. The van der Waals surface area contributed by atoms with E-state index in [0.29, 0.717) is 18.9 Å². The lowest BCUT2D eigenvalue weighted by Crippen LogP contribution is -2.44. The van der Waals surface area contributed by atoms with Crippen LogP contribution in [0.15, 0.2) is 18.2 Å². The number of hydrogen-bond acceptors (Lipinski definition) is 2. The van der Waals surface area contributed by atoms with Gasteiger partial charge in [0, 0.05) is 12.1 Å². The number of rotatable bonds is 4. The molecule has 0 radical (unpaired) electrons. The van der Waals surface area contributed by atoms with Crippen LogP contribution >= 0.6 is 0 Å². The fourth-order valence-corrected chi connectivity index (χ4v) is 3.26. The molecule has 0 aromatic heterocycles. The first kappa shape index (κ1) is 16.9. The number of hydrogen-bond donors (Lipinski definition) is 2. The highest BCUT2D eigenvalue weighted by Gasteiger charge is 2.56. The van der Waals surface area contributed by atoms with Gasteiger partial charge in [-0.1, -0.05) is 25.7 Å². The molecule has 4 nitrogen and oxygen atoms in total. The summed E-state index contributed by atoms with van der Waals surface area (Å²) in [6, 6.07) is 3.07. The van der Waals surface area contributed by atoms with Crippen LogP contribution in [0, 0.1) is 17.0 Å². The van der Waals surface area contributed by atoms with Gasteiger partial charge in [0.1, 0.15) is 17.0 Å². The maximum absolute atomic E-state index is 13.7. The van der Waals surface area contributed by atoms with Crippen molar-refractivity contribution < 1.29 is 18.4 Å². The molecule has 2 N–H and O–H groups in total. The molecular formula is C18H22F2N2O2. The first-order chi connectivity index (χ1) is 11.5. The lowest BCUT2D eigenvalue weighted by Gasteiger charge is -2.21. The third-order valence-corrected chi connectivity index (χ3v) is 4.99. The van der Waals surface area contributed by atoms with Crippen LogP contribution in [0.5, 0.6) is 0 Å². The molecule has 24 heavy (non-hydrogen) atoms. The van der Waals surface area contributed by atoms with Gasteiger partial charge in [-0.15, -0.1) is 0 Å². The summed E-state index contributed by atoms with van der Waals surface area (Å²) in [5, 5.41) is 5.43. The quantitative estimate of drug-likeness (QED) is 0.653. The van der Waals surface area contributed by atoms with E-state index in [-0.39, 0.29) is 17.6 Å². The van der Waals surface area contributed by atoms with Gasteiger partial charge in [0.05, 0.1) is 5.69 Å². The second kappa shape index (κ2) is 6.87. The number of carbonyl (C=O) groups is 2. The molecule has 0 aliphatic heterocycles. The summed E-state index contributed by atoms with van der Waals surface area (Å²) in [6.07, 6.45) is 7.34. The maximum Gasteiger partial charge on any atom is 0.240 e. The van der Waals surface area contributed by atoms with E-state index in [2.05, 4.69) is 10.6 Å². The van der Waals surface area contributed by atoms with E-state index >= 15 is 0 Å². The molecule has 0 saturated heterocycles. The average Bonchev–Trinajstić information content (AvgIpc) is 3.35. The number of benzene rings is 1. The SMILES string of the molecule is O=C(Nc1ccc(F)cc1F)C1(C(=O)NC2CCCCCC2)CC1. The standard InChI is InChI=1S/C18H22F2N2O2/c19-12-7-8-15(14(20)11-12)22-17(24)18(9-10-18)16(23)21-13-5-3-1-2-4-6-13/h7-8,11,13H,1-6,9-10H2,(H,21,23)(H,22,24). The molecule has 1 aromatic rings. The molecule has 2 fully saturated rings. The van der Waals surface area contributed by atoms with Crippen molar-refractivity contribution in [3.8, 4) is 0 Å². The van der Waals surface area contributed by atoms with E-state index in [1.807, 2.05) is 0 Å². The summed E-state index contributed by atoms with van der Waals surface area (Å²) < 4.78 is 26.6. The largest absolute Gasteiger partial charge is 0.352 e. The minimum Gasteiger partial charge on any atom is -0.352 e. The minimum atomic E-state index is -1.10. The molecule has 0 unspecified atom stereocenters. The van der Waals surface area contributed by atoms with Gasteiger partial charge in [-0.2, -0.15) is 0 Å². The van der Waals surface area contributed by atoms with Crippen LogP contribution < -0.4 is 10.6 Å². The van der Waals surface area contributed by atoms with Crippen molar-refractivity contribution in [2.24, 2.45) is 5.41 Å². The summed E-state index contributed by atoms with van der Waals surface area (Å²) in [6.45, 7) is 0. The Labute approximate surface area is 140 Å². The van der Waals surface area contributed by atoms with Gasteiger partial charge in [-0.25, -0.2) is 8.78 Å². The lowest BCUT2D eigenvalue weighted by molar-refractivity contribution is -0.134. The normalized spacial score (nSPS) is 20.1. The Morgan fingerprint density at radius 3 is 2.25 bits per heavy atom. The first-order valence-corrected chi connectivity index (χ1v) is 8.59. The minimum absolute atomic E-state index is 0.102.